The molecule has 6 heteroatoms. The lowest BCUT2D eigenvalue weighted by Crippen LogP contribution is -2.45. The third kappa shape index (κ3) is 2.32. The Kier molecular flexibility index (Phi) is 3.44. The Morgan fingerprint density at radius 1 is 1.17 bits per heavy atom. The number of halogens is 2. The molecular formula is C18H19F2N3O. The minimum atomic E-state index is -0.595. The number of aromatic nitrogens is 2. The Balaban J connectivity index is 1.59. The molecule has 4 atom stereocenters. The maximum absolute atomic E-state index is 14.0. The van der Waals surface area contributed by atoms with Gasteiger partial charge in [0.15, 0.2) is 0 Å². The highest BCUT2D eigenvalue weighted by atomic mass is 19.1. The molecule has 1 amide bonds. The fourth-order valence-electron chi connectivity index (χ4n) is 3.88. The number of amides is 1. The summed E-state index contributed by atoms with van der Waals surface area (Å²) in [4.78, 5) is 14.8. The lowest BCUT2D eigenvalue weighted by Gasteiger charge is -2.37. The summed E-state index contributed by atoms with van der Waals surface area (Å²) in [7, 11) is 0. The van der Waals surface area contributed by atoms with Gasteiger partial charge in [0.1, 0.15) is 17.5 Å². The van der Waals surface area contributed by atoms with Crippen LogP contribution in [0.25, 0.3) is 0 Å². The first-order valence-electron chi connectivity index (χ1n) is 8.29. The molecule has 1 saturated carbocycles. The van der Waals surface area contributed by atoms with Gasteiger partial charge in [0.25, 0.3) is 0 Å². The van der Waals surface area contributed by atoms with Crippen molar-refractivity contribution >= 4 is 11.7 Å². The zero-order valence-electron chi connectivity index (χ0n) is 13.6. The van der Waals surface area contributed by atoms with Crippen molar-refractivity contribution in [2.24, 2.45) is 5.92 Å². The van der Waals surface area contributed by atoms with Crippen LogP contribution in [0, 0.1) is 17.6 Å². The van der Waals surface area contributed by atoms with Crippen molar-refractivity contribution in [3.63, 3.8) is 0 Å². The smallest absolute Gasteiger partial charge is 0.232 e. The van der Waals surface area contributed by atoms with Gasteiger partial charge in [-0.25, -0.2) is 13.5 Å². The van der Waals surface area contributed by atoms with Gasteiger partial charge in [-0.15, -0.1) is 0 Å². The van der Waals surface area contributed by atoms with Crippen LogP contribution in [0.4, 0.5) is 14.6 Å². The number of benzene rings is 1. The molecule has 24 heavy (non-hydrogen) atoms. The van der Waals surface area contributed by atoms with E-state index in [0.717, 1.165) is 18.3 Å². The summed E-state index contributed by atoms with van der Waals surface area (Å²) >= 11 is 0. The number of nitrogens with zero attached hydrogens (tertiary/aromatic N) is 3. The van der Waals surface area contributed by atoms with Gasteiger partial charge in [-0.2, -0.15) is 5.10 Å². The minimum Gasteiger partial charge on any atom is -0.294 e. The molecule has 2 aliphatic rings. The van der Waals surface area contributed by atoms with Gasteiger partial charge in [0.05, 0.1) is 12.2 Å². The van der Waals surface area contributed by atoms with Crippen LogP contribution in [-0.4, -0.2) is 21.7 Å². The van der Waals surface area contributed by atoms with Gasteiger partial charge in [0.2, 0.25) is 5.91 Å². The molecule has 0 unspecified atom stereocenters. The Morgan fingerprint density at radius 3 is 2.71 bits per heavy atom. The van der Waals surface area contributed by atoms with Crippen molar-refractivity contribution in [3.05, 3.63) is 47.7 Å². The van der Waals surface area contributed by atoms with E-state index in [1.165, 1.54) is 12.1 Å². The molecular weight excluding hydrogens is 312 g/mol. The van der Waals surface area contributed by atoms with E-state index in [1.807, 2.05) is 17.7 Å². The van der Waals surface area contributed by atoms with E-state index in [1.54, 1.807) is 11.1 Å². The van der Waals surface area contributed by atoms with Crippen LogP contribution < -0.4 is 4.90 Å². The molecule has 1 aromatic heterocycles. The number of anilines is 1. The predicted molar refractivity (Wildman–Crippen MR) is 85.7 cm³/mol. The van der Waals surface area contributed by atoms with Crippen molar-refractivity contribution in [2.75, 3.05) is 4.90 Å². The molecule has 0 N–H and O–H groups in total. The quantitative estimate of drug-likeness (QED) is 0.842. The molecule has 0 saturated heterocycles. The lowest BCUT2D eigenvalue weighted by atomic mass is 10.0. The molecule has 4 rings (SSSR count). The Labute approximate surface area is 139 Å². The maximum Gasteiger partial charge on any atom is 0.232 e. The van der Waals surface area contributed by atoms with Crippen LogP contribution in [0.1, 0.15) is 44.2 Å². The second-order valence-corrected chi connectivity index (χ2v) is 6.89. The fourth-order valence-corrected chi connectivity index (χ4v) is 3.88. The van der Waals surface area contributed by atoms with Crippen LogP contribution in [0.3, 0.4) is 0 Å². The largest absolute Gasteiger partial charge is 0.294 e. The zero-order chi connectivity index (χ0) is 17.0. The number of hydrogen-bond donors (Lipinski definition) is 0. The monoisotopic (exact) mass is 331 g/mol. The minimum absolute atomic E-state index is 0.00451. The first-order chi connectivity index (χ1) is 11.5. The topological polar surface area (TPSA) is 38.1 Å². The third-order valence-electron chi connectivity index (χ3n) is 5.14. The standard InChI is InChI=1S/C18H19F2N3O/c1-10-7-11(2)23-17(5-6-21-23)22(10)18(24)15-9-14(15)13-4-3-12(19)8-16(13)20/h3-6,8,10-11,14-15H,7,9H2,1-2H3/t10-,11+,14+,15+/m1/s1. The molecule has 4 nitrogen and oxygen atoms in total. The Bertz CT molecular complexity index is 803. The van der Waals surface area contributed by atoms with Crippen molar-refractivity contribution < 1.29 is 13.6 Å². The first-order valence-corrected chi connectivity index (χ1v) is 8.29. The van der Waals surface area contributed by atoms with Gasteiger partial charge in [-0.05, 0) is 44.2 Å². The van der Waals surface area contributed by atoms with Crippen molar-refractivity contribution in [3.8, 4) is 0 Å². The Hall–Kier alpha value is -2.24. The number of carbonyl (C=O) groups excluding carboxylic acids is 1. The summed E-state index contributed by atoms with van der Waals surface area (Å²) < 4.78 is 28.9. The molecule has 0 spiro atoms. The molecule has 1 aliphatic heterocycles. The van der Waals surface area contributed by atoms with Gasteiger partial charge in [0, 0.05) is 24.1 Å². The van der Waals surface area contributed by atoms with Crippen molar-refractivity contribution in [1.82, 2.24) is 9.78 Å². The predicted octanol–water partition coefficient (Wildman–Crippen LogP) is 3.65. The molecule has 1 aromatic carbocycles. The molecule has 2 heterocycles. The summed E-state index contributed by atoms with van der Waals surface area (Å²) in [6.07, 6.45) is 3.14. The number of fused-ring (bicyclic) bond motifs is 1. The van der Waals surface area contributed by atoms with Crippen LogP contribution in [0.15, 0.2) is 30.5 Å². The summed E-state index contributed by atoms with van der Waals surface area (Å²) in [5.74, 6) is -0.769. The highest BCUT2D eigenvalue weighted by Crippen LogP contribution is 2.50. The van der Waals surface area contributed by atoms with Crippen LogP contribution >= 0.6 is 0 Å². The number of carbonyl (C=O) groups is 1. The van der Waals surface area contributed by atoms with Crippen LogP contribution in [-0.2, 0) is 4.79 Å². The number of hydrogen-bond acceptors (Lipinski definition) is 2. The molecule has 0 radical (unpaired) electrons. The van der Waals surface area contributed by atoms with E-state index >= 15 is 0 Å². The normalized spacial score (nSPS) is 28.6. The van der Waals surface area contributed by atoms with E-state index in [4.69, 9.17) is 0 Å². The lowest BCUT2D eigenvalue weighted by molar-refractivity contribution is -0.120. The van der Waals surface area contributed by atoms with E-state index in [-0.39, 0.29) is 29.8 Å². The van der Waals surface area contributed by atoms with E-state index in [0.29, 0.717) is 12.0 Å². The summed E-state index contributed by atoms with van der Waals surface area (Å²) in [6, 6.07) is 5.76. The molecule has 126 valence electrons. The van der Waals surface area contributed by atoms with Crippen LogP contribution in [0.2, 0.25) is 0 Å². The van der Waals surface area contributed by atoms with E-state index in [9.17, 15) is 13.6 Å². The molecule has 2 aromatic rings. The average molecular weight is 331 g/mol. The average Bonchev–Trinajstić information content (AvgIpc) is 3.15. The van der Waals surface area contributed by atoms with E-state index < -0.39 is 11.6 Å². The SMILES string of the molecule is C[C@@H]1C[C@H](C)n2nccc2N1C(=O)[C@H]1C[C@H]1c1ccc(F)cc1F. The number of rotatable bonds is 2. The van der Waals surface area contributed by atoms with Gasteiger partial charge in [-0.3, -0.25) is 9.69 Å². The summed E-state index contributed by atoms with van der Waals surface area (Å²) in [5, 5.41) is 4.31. The van der Waals surface area contributed by atoms with Crippen molar-refractivity contribution in [1.29, 1.82) is 0 Å². The van der Waals surface area contributed by atoms with Crippen molar-refractivity contribution in [2.45, 2.75) is 44.7 Å². The summed E-state index contributed by atoms with van der Waals surface area (Å²) in [5.41, 5.74) is 0.432. The first kappa shape index (κ1) is 15.3. The zero-order valence-corrected chi connectivity index (χ0v) is 13.6. The third-order valence-corrected chi connectivity index (χ3v) is 5.14. The maximum atomic E-state index is 14.0. The second-order valence-electron chi connectivity index (χ2n) is 6.89. The fraction of sp³-hybridized carbons (Fsp3) is 0.444. The van der Waals surface area contributed by atoms with Crippen LogP contribution in [0.5, 0.6) is 0 Å². The van der Waals surface area contributed by atoms with Gasteiger partial charge in [-0.1, -0.05) is 6.07 Å². The Morgan fingerprint density at radius 2 is 1.96 bits per heavy atom. The van der Waals surface area contributed by atoms with Gasteiger partial charge >= 0.3 is 0 Å². The highest BCUT2D eigenvalue weighted by molar-refractivity contribution is 5.97. The summed E-state index contributed by atoms with van der Waals surface area (Å²) in [6.45, 7) is 4.11. The molecule has 1 aliphatic carbocycles. The molecule has 1 fully saturated rings. The van der Waals surface area contributed by atoms with E-state index in [2.05, 4.69) is 12.0 Å². The second kappa shape index (κ2) is 5.40. The molecule has 0 bridgehead atoms. The van der Waals surface area contributed by atoms with Gasteiger partial charge < -0.3 is 0 Å². The highest BCUT2D eigenvalue weighted by Gasteiger charge is 2.49.